The highest BCUT2D eigenvalue weighted by molar-refractivity contribution is 5.98. The molecule has 2 atom stereocenters. The van der Waals surface area contributed by atoms with E-state index in [0.29, 0.717) is 23.7 Å². The Morgan fingerprint density at radius 2 is 1.88 bits per heavy atom. The minimum absolute atomic E-state index is 0.0250. The van der Waals surface area contributed by atoms with E-state index in [2.05, 4.69) is 20.1 Å². The lowest BCUT2D eigenvalue weighted by molar-refractivity contribution is 0.0693. The molecule has 8 heteroatoms. The first-order valence-corrected chi connectivity index (χ1v) is 10.9. The Balaban J connectivity index is 1.28. The van der Waals surface area contributed by atoms with Crippen molar-refractivity contribution in [2.45, 2.75) is 19.4 Å². The van der Waals surface area contributed by atoms with Crippen LogP contribution >= 0.6 is 0 Å². The minimum Gasteiger partial charge on any atom is -0.336 e. The van der Waals surface area contributed by atoms with Gasteiger partial charge in [0.1, 0.15) is 0 Å². The minimum atomic E-state index is 0.0250. The number of hydrogen-bond donors (Lipinski definition) is 0. The molecule has 0 aliphatic carbocycles. The number of anilines is 1. The van der Waals surface area contributed by atoms with Crippen molar-refractivity contribution in [2.75, 3.05) is 24.5 Å². The number of piperidine rings is 1. The Kier molecular flexibility index (Phi) is 4.38. The molecule has 2 fully saturated rings. The lowest BCUT2D eigenvalue weighted by Crippen LogP contribution is -2.45. The van der Waals surface area contributed by atoms with Gasteiger partial charge >= 0.3 is 0 Å². The fraction of sp³-hybridized carbons (Fsp3) is 0.292. The van der Waals surface area contributed by atoms with E-state index in [1.165, 1.54) is 4.80 Å². The SMILES string of the molecule is Cc1ccc(-n2nccn2)c(C(=O)N2C[C@@H]3C[C@@H](C2)N(c2ncc4ccccc4n2)C3)c1. The molecular formula is C24H23N7O. The van der Waals surface area contributed by atoms with E-state index in [1.54, 1.807) is 12.4 Å². The number of hydrogen-bond acceptors (Lipinski definition) is 6. The molecule has 2 saturated heterocycles. The van der Waals surface area contributed by atoms with Gasteiger partial charge in [-0.1, -0.05) is 29.8 Å². The van der Waals surface area contributed by atoms with E-state index in [1.807, 2.05) is 60.5 Å². The van der Waals surface area contributed by atoms with Crippen molar-refractivity contribution < 1.29 is 4.79 Å². The Hall–Kier alpha value is -3.81. The van der Waals surface area contributed by atoms with Crippen LogP contribution in [0.25, 0.3) is 16.6 Å². The number of amides is 1. The second-order valence-corrected chi connectivity index (χ2v) is 8.69. The van der Waals surface area contributed by atoms with Gasteiger partial charge in [0.2, 0.25) is 5.95 Å². The van der Waals surface area contributed by atoms with Gasteiger partial charge in [0.15, 0.2) is 0 Å². The molecule has 2 aromatic heterocycles. The van der Waals surface area contributed by atoms with Gasteiger partial charge in [0, 0.05) is 37.3 Å². The van der Waals surface area contributed by atoms with Crippen LogP contribution in [0.4, 0.5) is 5.95 Å². The molecule has 4 heterocycles. The maximum atomic E-state index is 13.6. The highest BCUT2D eigenvalue weighted by Crippen LogP contribution is 2.33. The monoisotopic (exact) mass is 425 g/mol. The number of rotatable bonds is 3. The molecule has 8 nitrogen and oxygen atoms in total. The molecule has 0 saturated carbocycles. The number of carbonyl (C=O) groups excluding carboxylic acids is 1. The molecule has 2 aliphatic rings. The van der Waals surface area contributed by atoms with E-state index in [9.17, 15) is 4.79 Å². The van der Waals surface area contributed by atoms with Gasteiger partial charge in [-0.3, -0.25) is 4.79 Å². The molecule has 4 aromatic rings. The Morgan fingerprint density at radius 3 is 2.75 bits per heavy atom. The van der Waals surface area contributed by atoms with Crippen LogP contribution in [0.3, 0.4) is 0 Å². The van der Waals surface area contributed by atoms with Crippen LogP contribution in [0.15, 0.2) is 61.1 Å². The summed E-state index contributed by atoms with van der Waals surface area (Å²) in [6.07, 6.45) is 6.19. The summed E-state index contributed by atoms with van der Waals surface area (Å²) in [4.78, 5) is 28.8. The van der Waals surface area contributed by atoms with Crippen LogP contribution < -0.4 is 4.90 Å². The average Bonchev–Trinajstić information content (AvgIpc) is 3.46. The maximum Gasteiger partial charge on any atom is 0.256 e. The summed E-state index contributed by atoms with van der Waals surface area (Å²) in [5, 5.41) is 9.50. The molecule has 0 N–H and O–H groups in total. The zero-order chi connectivity index (χ0) is 21.7. The van der Waals surface area contributed by atoms with Crippen LogP contribution in [0.2, 0.25) is 0 Å². The molecule has 160 valence electrons. The standard InChI is InChI=1S/C24H23N7O/c1-16-6-7-22(31-26-8-9-27-31)20(10-16)23(32)29-13-17-11-19(15-29)30(14-17)24-25-12-18-4-2-3-5-21(18)28-24/h2-10,12,17,19H,11,13-15H2,1H3/t17-,19-/m0/s1. The van der Waals surface area contributed by atoms with Crippen molar-refractivity contribution in [3.63, 3.8) is 0 Å². The average molecular weight is 425 g/mol. The van der Waals surface area contributed by atoms with Gasteiger partial charge in [-0.2, -0.15) is 15.0 Å². The number of aryl methyl sites for hydroxylation is 1. The number of aromatic nitrogens is 5. The zero-order valence-corrected chi connectivity index (χ0v) is 17.8. The van der Waals surface area contributed by atoms with Crippen molar-refractivity contribution in [2.24, 2.45) is 5.92 Å². The van der Waals surface area contributed by atoms with E-state index < -0.39 is 0 Å². The number of benzene rings is 2. The zero-order valence-electron chi connectivity index (χ0n) is 17.8. The Morgan fingerprint density at radius 1 is 1.03 bits per heavy atom. The van der Waals surface area contributed by atoms with Crippen molar-refractivity contribution in [3.8, 4) is 5.69 Å². The predicted molar refractivity (Wildman–Crippen MR) is 121 cm³/mol. The second kappa shape index (κ2) is 7.40. The van der Waals surface area contributed by atoms with Crippen LogP contribution in [0, 0.1) is 12.8 Å². The molecule has 2 bridgehead atoms. The summed E-state index contributed by atoms with van der Waals surface area (Å²) >= 11 is 0. The topological polar surface area (TPSA) is 80.0 Å². The number of fused-ring (bicyclic) bond motifs is 3. The number of nitrogens with zero attached hydrogens (tertiary/aromatic N) is 7. The highest BCUT2D eigenvalue weighted by atomic mass is 16.2. The van der Waals surface area contributed by atoms with Crippen molar-refractivity contribution in [1.82, 2.24) is 29.9 Å². The summed E-state index contributed by atoms with van der Waals surface area (Å²) < 4.78 is 0. The van der Waals surface area contributed by atoms with Crippen molar-refractivity contribution in [1.29, 1.82) is 0 Å². The van der Waals surface area contributed by atoms with Gasteiger partial charge in [0.05, 0.1) is 29.2 Å². The number of carbonyl (C=O) groups is 1. The van der Waals surface area contributed by atoms with Crippen molar-refractivity contribution in [3.05, 3.63) is 72.2 Å². The third-order valence-electron chi connectivity index (χ3n) is 6.45. The van der Waals surface area contributed by atoms with E-state index in [0.717, 1.165) is 41.9 Å². The lowest BCUT2D eigenvalue weighted by Gasteiger charge is -2.33. The fourth-order valence-corrected chi connectivity index (χ4v) is 4.98. The molecule has 1 amide bonds. The van der Waals surface area contributed by atoms with Crippen LogP contribution in [-0.2, 0) is 0 Å². The molecule has 0 radical (unpaired) electrons. The Labute approximate surface area is 185 Å². The molecule has 0 spiro atoms. The maximum absolute atomic E-state index is 13.6. The smallest absolute Gasteiger partial charge is 0.256 e. The molecule has 32 heavy (non-hydrogen) atoms. The summed E-state index contributed by atoms with van der Waals surface area (Å²) in [6, 6.07) is 14.1. The number of para-hydroxylation sites is 1. The van der Waals surface area contributed by atoms with Gasteiger partial charge in [-0.15, -0.1) is 0 Å². The third kappa shape index (κ3) is 3.19. The summed E-state index contributed by atoms with van der Waals surface area (Å²) in [7, 11) is 0. The molecule has 6 rings (SSSR count). The molecule has 0 unspecified atom stereocenters. The van der Waals surface area contributed by atoms with Gasteiger partial charge < -0.3 is 9.80 Å². The van der Waals surface area contributed by atoms with Gasteiger partial charge in [-0.05, 0) is 37.5 Å². The first-order valence-electron chi connectivity index (χ1n) is 10.9. The quantitative estimate of drug-likeness (QED) is 0.502. The van der Waals surface area contributed by atoms with Gasteiger partial charge in [0.25, 0.3) is 5.91 Å². The van der Waals surface area contributed by atoms with E-state index >= 15 is 0 Å². The predicted octanol–water partition coefficient (Wildman–Crippen LogP) is 2.87. The summed E-state index contributed by atoms with van der Waals surface area (Å²) in [5.74, 6) is 1.18. The number of likely N-dealkylation sites (tertiary alicyclic amines) is 1. The van der Waals surface area contributed by atoms with Crippen LogP contribution in [0.5, 0.6) is 0 Å². The molecular weight excluding hydrogens is 402 g/mol. The lowest BCUT2D eigenvalue weighted by atomic mass is 9.98. The second-order valence-electron chi connectivity index (χ2n) is 8.69. The fourth-order valence-electron chi connectivity index (χ4n) is 4.98. The first-order chi connectivity index (χ1) is 15.7. The van der Waals surface area contributed by atoms with E-state index in [-0.39, 0.29) is 11.9 Å². The summed E-state index contributed by atoms with van der Waals surface area (Å²) in [5.41, 5.74) is 3.33. The van der Waals surface area contributed by atoms with Crippen molar-refractivity contribution >= 4 is 22.8 Å². The molecule has 2 aromatic carbocycles. The Bertz CT molecular complexity index is 1300. The third-order valence-corrected chi connectivity index (χ3v) is 6.45. The first kappa shape index (κ1) is 18.9. The molecule has 2 aliphatic heterocycles. The highest BCUT2D eigenvalue weighted by Gasteiger charge is 2.41. The van der Waals surface area contributed by atoms with E-state index in [4.69, 9.17) is 4.98 Å². The van der Waals surface area contributed by atoms with Crippen LogP contribution in [-0.4, -0.2) is 61.4 Å². The largest absolute Gasteiger partial charge is 0.336 e. The summed E-state index contributed by atoms with van der Waals surface area (Å²) in [6.45, 7) is 4.26. The van der Waals surface area contributed by atoms with Crippen LogP contribution in [0.1, 0.15) is 22.3 Å². The normalized spacial score (nSPS) is 20.2. The van der Waals surface area contributed by atoms with Gasteiger partial charge in [-0.25, -0.2) is 9.97 Å².